The largest absolute Gasteiger partial charge is 0.481 e. The molecule has 0 aromatic carbocycles. The molecule has 0 aliphatic heterocycles. The van der Waals surface area contributed by atoms with Gasteiger partial charge in [-0.25, -0.2) is 0 Å². The van der Waals surface area contributed by atoms with Crippen LogP contribution in [0.5, 0.6) is 0 Å². The first kappa shape index (κ1) is 28.9. The molecule has 4 aliphatic carbocycles. The van der Waals surface area contributed by atoms with E-state index in [2.05, 4.69) is 20.8 Å². The quantitative estimate of drug-likeness (QED) is 0.352. The molecule has 11 atom stereocenters. The zero-order valence-electron chi connectivity index (χ0n) is 23.9. The highest BCUT2D eigenvalue weighted by Crippen LogP contribution is 2.69. The molecule has 1 N–H and O–H groups in total. The van der Waals surface area contributed by atoms with Crippen molar-refractivity contribution in [2.24, 2.45) is 46.3 Å². The number of ether oxygens (including phenoxy) is 3. The smallest absolute Gasteiger partial charge is 0.303 e. The zero-order chi connectivity index (χ0) is 28.0. The number of fused-ring (bicyclic) bond motifs is 5. The van der Waals surface area contributed by atoms with Gasteiger partial charge in [-0.3, -0.25) is 19.2 Å². The molecule has 0 aromatic heterocycles. The summed E-state index contributed by atoms with van der Waals surface area (Å²) >= 11 is 0. The van der Waals surface area contributed by atoms with Crippen molar-refractivity contribution in [1.29, 1.82) is 0 Å². The van der Waals surface area contributed by atoms with Crippen LogP contribution in [0.2, 0.25) is 0 Å². The number of carboxylic acids is 1. The van der Waals surface area contributed by atoms with Gasteiger partial charge >= 0.3 is 23.9 Å². The highest BCUT2D eigenvalue weighted by atomic mass is 16.6. The maximum Gasteiger partial charge on any atom is 0.303 e. The Bertz CT molecular complexity index is 947. The van der Waals surface area contributed by atoms with E-state index in [9.17, 15) is 24.3 Å². The van der Waals surface area contributed by atoms with Crippen molar-refractivity contribution < 1.29 is 38.5 Å². The molecule has 0 heterocycles. The number of hydrogen-bond acceptors (Lipinski definition) is 7. The number of carboxylic acid groups (broad SMARTS) is 1. The molecular weight excluding hydrogens is 488 g/mol. The first-order valence-corrected chi connectivity index (χ1v) is 14.5. The van der Waals surface area contributed by atoms with Gasteiger partial charge in [0.2, 0.25) is 0 Å². The minimum Gasteiger partial charge on any atom is -0.481 e. The summed E-state index contributed by atoms with van der Waals surface area (Å²) in [6.45, 7) is 11.1. The van der Waals surface area contributed by atoms with Gasteiger partial charge in [-0.1, -0.05) is 20.8 Å². The molecule has 0 bridgehead atoms. The lowest BCUT2D eigenvalue weighted by molar-refractivity contribution is -0.224. The predicted molar refractivity (Wildman–Crippen MR) is 139 cm³/mol. The summed E-state index contributed by atoms with van der Waals surface area (Å²) < 4.78 is 17.8. The Kier molecular flexibility index (Phi) is 8.21. The van der Waals surface area contributed by atoms with Crippen LogP contribution < -0.4 is 0 Å². The van der Waals surface area contributed by atoms with Crippen LogP contribution in [0.25, 0.3) is 0 Å². The van der Waals surface area contributed by atoms with Gasteiger partial charge in [0.15, 0.2) is 0 Å². The molecule has 8 heteroatoms. The van der Waals surface area contributed by atoms with Crippen LogP contribution in [-0.2, 0) is 33.4 Å². The number of esters is 3. The molecule has 0 saturated heterocycles. The summed E-state index contributed by atoms with van der Waals surface area (Å²) in [6, 6.07) is 0. The fourth-order valence-electron chi connectivity index (χ4n) is 9.67. The van der Waals surface area contributed by atoms with Crippen molar-refractivity contribution in [1.82, 2.24) is 0 Å². The van der Waals surface area contributed by atoms with Gasteiger partial charge in [0.1, 0.15) is 18.3 Å². The Hall–Kier alpha value is -2.12. The van der Waals surface area contributed by atoms with E-state index in [-0.39, 0.29) is 89.0 Å². The van der Waals surface area contributed by atoms with Gasteiger partial charge < -0.3 is 19.3 Å². The Labute approximate surface area is 226 Å². The lowest BCUT2D eigenvalue weighted by Gasteiger charge is -2.64. The lowest BCUT2D eigenvalue weighted by atomic mass is 9.43. The van der Waals surface area contributed by atoms with Gasteiger partial charge in [0.25, 0.3) is 0 Å². The van der Waals surface area contributed by atoms with Crippen LogP contribution in [0.3, 0.4) is 0 Å². The SMILES string of the molecule is CC(=O)O[C@H]1CC[C@@]2(C)[C@H](C1)C[C@@H](OC(C)=O)[C@@H]1[C@@H]2C[C@H](OC(C)=O)[C@]2(C)[C@@H]([C@@H](C)CCC(=O)O)CC[C@@H]12. The van der Waals surface area contributed by atoms with E-state index in [4.69, 9.17) is 14.2 Å². The van der Waals surface area contributed by atoms with Gasteiger partial charge in [0.05, 0.1) is 0 Å². The zero-order valence-corrected chi connectivity index (χ0v) is 23.9. The fourth-order valence-corrected chi connectivity index (χ4v) is 9.67. The van der Waals surface area contributed by atoms with Crippen LogP contribution in [0.4, 0.5) is 0 Å². The third kappa shape index (κ3) is 5.21. The highest BCUT2D eigenvalue weighted by molar-refractivity contribution is 5.67. The minimum atomic E-state index is -0.790. The highest BCUT2D eigenvalue weighted by Gasteiger charge is 2.67. The Morgan fingerprint density at radius 1 is 0.868 bits per heavy atom. The number of carbonyl (C=O) groups is 4. The van der Waals surface area contributed by atoms with E-state index in [0.717, 1.165) is 38.5 Å². The van der Waals surface area contributed by atoms with Gasteiger partial charge in [0, 0.05) is 38.5 Å². The maximum absolute atomic E-state index is 12.4. The van der Waals surface area contributed by atoms with E-state index in [1.54, 1.807) is 0 Å². The van der Waals surface area contributed by atoms with Gasteiger partial charge in [-0.2, -0.15) is 0 Å². The summed E-state index contributed by atoms with van der Waals surface area (Å²) in [6.07, 6.45) is 5.93. The van der Waals surface area contributed by atoms with E-state index in [1.807, 2.05) is 0 Å². The van der Waals surface area contributed by atoms with E-state index < -0.39 is 5.97 Å². The van der Waals surface area contributed by atoms with E-state index >= 15 is 0 Å². The van der Waals surface area contributed by atoms with E-state index in [0.29, 0.717) is 12.8 Å². The summed E-state index contributed by atoms with van der Waals surface area (Å²) in [5.74, 6) is -0.421. The molecule has 0 radical (unpaired) electrons. The number of aliphatic carboxylic acids is 1. The van der Waals surface area contributed by atoms with Gasteiger partial charge in [-0.05, 0) is 86.4 Å². The Morgan fingerprint density at radius 2 is 1.53 bits per heavy atom. The van der Waals surface area contributed by atoms with Crippen molar-refractivity contribution in [3.63, 3.8) is 0 Å². The molecule has 0 aromatic rings. The average molecular weight is 535 g/mol. The first-order chi connectivity index (χ1) is 17.8. The summed E-state index contributed by atoms with van der Waals surface area (Å²) in [4.78, 5) is 47.7. The molecule has 214 valence electrons. The van der Waals surface area contributed by atoms with Crippen LogP contribution in [0.1, 0.15) is 99.3 Å². The minimum absolute atomic E-state index is 0.0370. The molecule has 0 unspecified atom stereocenters. The monoisotopic (exact) mass is 534 g/mol. The van der Waals surface area contributed by atoms with Gasteiger partial charge in [-0.15, -0.1) is 0 Å². The van der Waals surface area contributed by atoms with Crippen LogP contribution in [0, 0.1) is 46.3 Å². The molecule has 0 amide bonds. The molecular formula is C30H46O8. The summed E-state index contributed by atoms with van der Waals surface area (Å²) in [7, 11) is 0. The second kappa shape index (κ2) is 10.8. The molecule has 38 heavy (non-hydrogen) atoms. The second-order valence-corrected chi connectivity index (χ2v) is 13.2. The third-order valence-electron chi connectivity index (χ3n) is 11.2. The predicted octanol–water partition coefficient (Wildman–Crippen LogP) is 5.16. The topological polar surface area (TPSA) is 116 Å². The van der Waals surface area contributed by atoms with Crippen LogP contribution in [0.15, 0.2) is 0 Å². The Balaban J connectivity index is 1.71. The molecule has 8 nitrogen and oxygen atoms in total. The summed E-state index contributed by atoms with van der Waals surface area (Å²) in [5.41, 5.74) is -0.355. The standard InChI is InChI=1S/C30H46O8/c1-16(7-10-27(34)35)22-8-9-23-28-24(15-26(30(22,23)6)38-19(4)33)29(5)12-11-21(36-17(2)31)13-20(29)14-25(28)37-18(3)32/h16,20-26,28H,7-15H2,1-6H3,(H,34,35)/t16-,20+,21-,22+,23-,24-,25+,26-,28-,29-,30+/m0/s1. The number of rotatable bonds is 7. The van der Waals surface area contributed by atoms with Crippen molar-refractivity contribution in [3.05, 3.63) is 0 Å². The van der Waals surface area contributed by atoms with Crippen molar-refractivity contribution >= 4 is 23.9 Å². The summed E-state index contributed by atoms with van der Waals surface area (Å²) in [5, 5.41) is 9.31. The molecule has 4 aliphatic rings. The molecule has 4 saturated carbocycles. The van der Waals surface area contributed by atoms with Crippen molar-refractivity contribution in [2.45, 2.75) is 118 Å². The second-order valence-electron chi connectivity index (χ2n) is 13.2. The van der Waals surface area contributed by atoms with Crippen LogP contribution >= 0.6 is 0 Å². The molecule has 4 fully saturated rings. The van der Waals surface area contributed by atoms with E-state index in [1.165, 1.54) is 20.8 Å². The third-order valence-corrected chi connectivity index (χ3v) is 11.2. The average Bonchev–Trinajstić information content (AvgIpc) is 3.16. The lowest BCUT2D eigenvalue weighted by Crippen LogP contribution is -2.63. The number of carbonyl (C=O) groups excluding carboxylic acids is 3. The van der Waals surface area contributed by atoms with Crippen LogP contribution in [-0.4, -0.2) is 47.3 Å². The Morgan fingerprint density at radius 3 is 2.13 bits per heavy atom. The number of hydrogen-bond donors (Lipinski definition) is 1. The normalized spacial score (nSPS) is 42.6. The van der Waals surface area contributed by atoms with Crippen molar-refractivity contribution in [2.75, 3.05) is 0 Å². The fraction of sp³-hybridized carbons (Fsp3) is 0.867. The van der Waals surface area contributed by atoms with Crippen molar-refractivity contribution in [3.8, 4) is 0 Å². The first-order valence-electron chi connectivity index (χ1n) is 14.5. The molecule has 4 rings (SSSR count). The maximum atomic E-state index is 12.4. The molecule has 0 spiro atoms.